The number of carbonyl (C=O) groups is 1. The second-order valence-corrected chi connectivity index (χ2v) is 4.72. The summed E-state index contributed by atoms with van der Waals surface area (Å²) in [5.74, 6) is 1.96. The van der Waals surface area contributed by atoms with Crippen molar-refractivity contribution in [3.63, 3.8) is 0 Å². The molecule has 6 heteroatoms. The third kappa shape index (κ3) is 2.63. The number of hydrogen-bond donors (Lipinski definition) is 1. The zero-order chi connectivity index (χ0) is 12.4. The Morgan fingerprint density at radius 3 is 3.06 bits per heavy atom. The molecule has 1 aliphatic rings. The summed E-state index contributed by atoms with van der Waals surface area (Å²) in [6.07, 6.45) is 2.48. The minimum atomic E-state index is -0.103. The third-order valence-electron chi connectivity index (χ3n) is 2.99. The highest BCUT2D eigenvalue weighted by Gasteiger charge is 2.20. The molecular weight excluding hydrogens is 218 g/mol. The fraction of sp³-hybridized carbons (Fsp3) is 0.727. The predicted octanol–water partition coefficient (Wildman–Crippen LogP) is -0.0800. The molecule has 2 N–H and O–H groups in total. The number of hydrogen-bond acceptors (Lipinski definition) is 4. The van der Waals surface area contributed by atoms with Crippen LogP contribution < -0.4 is 5.73 Å². The molecule has 6 nitrogen and oxygen atoms in total. The summed E-state index contributed by atoms with van der Waals surface area (Å²) in [5, 5.41) is 8.25. The van der Waals surface area contributed by atoms with Crippen molar-refractivity contribution in [1.29, 1.82) is 0 Å². The van der Waals surface area contributed by atoms with Gasteiger partial charge in [-0.15, -0.1) is 10.2 Å². The molecule has 1 atom stereocenters. The highest BCUT2D eigenvalue weighted by atomic mass is 16.2. The van der Waals surface area contributed by atoms with Crippen LogP contribution in [0.5, 0.6) is 0 Å². The summed E-state index contributed by atoms with van der Waals surface area (Å²) >= 11 is 0. The normalized spacial score (nSPS) is 15.7. The van der Waals surface area contributed by atoms with E-state index in [4.69, 9.17) is 5.73 Å². The molecule has 0 fully saturated rings. The van der Waals surface area contributed by atoms with Crippen molar-refractivity contribution >= 4 is 5.91 Å². The first-order chi connectivity index (χ1) is 8.08. The fourth-order valence-corrected chi connectivity index (χ4v) is 2.06. The van der Waals surface area contributed by atoms with Crippen molar-refractivity contribution in [3.8, 4) is 0 Å². The van der Waals surface area contributed by atoms with E-state index in [0.717, 1.165) is 31.0 Å². The topological polar surface area (TPSA) is 77.0 Å². The van der Waals surface area contributed by atoms with Gasteiger partial charge >= 0.3 is 0 Å². The van der Waals surface area contributed by atoms with Crippen molar-refractivity contribution < 1.29 is 4.79 Å². The van der Waals surface area contributed by atoms with Gasteiger partial charge in [-0.1, -0.05) is 0 Å². The lowest BCUT2D eigenvalue weighted by Crippen LogP contribution is -2.32. The Balaban J connectivity index is 1.98. The fourth-order valence-electron chi connectivity index (χ4n) is 2.06. The summed E-state index contributed by atoms with van der Waals surface area (Å²) in [4.78, 5) is 13.4. The molecule has 0 spiro atoms. The number of aryl methyl sites for hydroxylation is 1. The third-order valence-corrected chi connectivity index (χ3v) is 2.99. The Morgan fingerprint density at radius 1 is 1.59 bits per heavy atom. The van der Waals surface area contributed by atoms with Gasteiger partial charge in [0, 0.05) is 32.5 Å². The second kappa shape index (κ2) is 4.83. The molecule has 1 amide bonds. The van der Waals surface area contributed by atoms with E-state index in [2.05, 4.69) is 14.8 Å². The van der Waals surface area contributed by atoms with Gasteiger partial charge in [-0.05, 0) is 13.3 Å². The standard InChI is InChI=1S/C11H19N5O/c1-8(12)6-11(17)15(2)7-10-14-13-9-4-3-5-16(9)10/h8H,3-7,12H2,1-2H3. The van der Waals surface area contributed by atoms with Crippen molar-refractivity contribution in [2.24, 2.45) is 5.73 Å². The Morgan fingerprint density at radius 2 is 2.35 bits per heavy atom. The lowest BCUT2D eigenvalue weighted by atomic mass is 10.2. The van der Waals surface area contributed by atoms with Crippen molar-refractivity contribution in [2.75, 3.05) is 7.05 Å². The van der Waals surface area contributed by atoms with E-state index >= 15 is 0 Å². The molecule has 1 aliphatic heterocycles. The van der Waals surface area contributed by atoms with E-state index in [-0.39, 0.29) is 11.9 Å². The van der Waals surface area contributed by atoms with Crippen LogP contribution in [0.3, 0.4) is 0 Å². The van der Waals surface area contributed by atoms with Crippen LogP contribution in [0.1, 0.15) is 31.4 Å². The van der Waals surface area contributed by atoms with Crippen LogP contribution in [0.2, 0.25) is 0 Å². The van der Waals surface area contributed by atoms with Crippen LogP contribution in [0, 0.1) is 0 Å². The summed E-state index contributed by atoms with van der Waals surface area (Å²) in [6.45, 7) is 3.31. The molecule has 0 aromatic carbocycles. The van der Waals surface area contributed by atoms with Gasteiger partial charge in [-0.3, -0.25) is 4.79 Å². The van der Waals surface area contributed by atoms with Gasteiger partial charge in [-0.25, -0.2) is 0 Å². The minimum absolute atomic E-state index is 0.0512. The van der Waals surface area contributed by atoms with Crippen LogP contribution in [0.4, 0.5) is 0 Å². The summed E-state index contributed by atoms with van der Waals surface area (Å²) in [7, 11) is 1.78. The molecule has 0 bridgehead atoms. The molecule has 0 aliphatic carbocycles. The van der Waals surface area contributed by atoms with E-state index in [1.165, 1.54) is 0 Å². The van der Waals surface area contributed by atoms with Crippen LogP contribution in [0.15, 0.2) is 0 Å². The van der Waals surface area contributed by atoms with E-state index in [1.807, 2.05) is 6.92 Å². The molecule has 2 heterocycles. The Bertz CT molecular complexity index is 412. The number of fused-ring (bicyclic) bond motifs is 1. The van der Waals surface area contributed by atoms with E-state index in [0.29, 0.717) is 13.0 Å². The van der Waals surface area contributed by atoms with Crippen molar-refractivity contribution in [1.82, 2.24) is 19.7 Å². The van der Waals surface area contributed by atoms with E-state index < -0.39 is 0 Å². The molecule has 1 aromatic rings. The molecular formula is C11H19N5O. The van der Waals surface area contributed by atoms with Crippen molar-refractivity contribution in [2.45, 2.75) is 45.3 Å². The highest BCUT2D eigenvalue weighted by Crippen LogP contribution is 2.15. The molecule has 17 heavy (non-hydrogen) atoms. The quantitative estimate of drug-likeness (QED) is 0.794. The van der Waals surface area contributed by atoms with E-state index in [1.54, 1.807) is 11.9 Å². The van der Waals surface area contributed by atoms with E-state index in [9.17, 15) is 4.79 Å². The first-order valence-corrected chi connectivity index (χ1v) is 5.98. The van der Waals surface area contributed by atoms with Gasteiger partial charge in [0.25, 0.3) is 0 Å². The lowest BCUT2D eigenvalue weighted by Gasteiger charge is -2.17. The molecule has 1 unspecified atom stereocenters. The zero-order valence-electron chi connectivity index (χ0n) is 10.4. The van der Waals surface area contributed by atoms with Crippen molar-refractivity contribution in [3.05, 3.63) is 11.6 Å². The van der Waals surface area contributed by atoms with Gasteiger partial charge in [0.15, 0.2) is 5.82 Å². The summed E-state index contributed by atoms with van der Waals surface area (Å²) < 4.78 is 2.11. The molecule has 1 aromatic heterocycles. The highest BCUT2D eigenvalue weighted by molar-refractivity contribution is 5.76. The first kappa shape index (κ1) is 12.0. The number of carbonyl (C=O) groups excluding carboxylic acids is 1. The number of rotatable bonds is 4. The summed E-state index contributed by atoms with van der Waals surface area (Å²) in [5.41, 5.74) is 5.61. The largest absolute Gasteiger partial charge is 0.338 e. The maximum absolute atomic E-state index is 11.8. The Labute approximate surface area is 101 Å². The predicted molar refractivity (Wildman–Crippen MR) is 63.1 cm³/mol. The molecule has 0 saturated heterocycles. The van der Waals surface area contributed by atoms with Gasteiger partial charge in [-0.2, -0.15) is 0 Å². The molecule has 94 valence electrons. The smallest absolute Gasteiger partial charge is 0.224 e. The molecule has 2 rings (SSSR count). The van der Waals surface area contributed by atoms with Gasteiger partial charge in [0.2, 0.25) is 5.91 Å². The summed E-state index contributed by atoms with van der Waals surface area (Å²) in [6, 6.07) is -0.103. The van der Waals surface area contributed by atoms with Crippen LogP contribution in [0.25, 0.3) is 0 Å². The molecule has 0 radical (unpaired) electrons. The Kier molecular flexibility index (Phi) is 3.42. The lowest BCUT2D eigenvalue weighted by molar-refractivity contribution is -0.130. The maximum Gasteiger partial charge on any atom is 0.224 e. The maximum atomic E-state index is 11.8. The van der Waals surface area contributed by atoms with Gasteiger partial charge in [0.1, 0.15) is 5.82 Å². The monoisotopic (exact) mass is 237 g/mol. The van der Waals surface area contributed by atoms with Crippen LogP contribution in [-0.4, -0.2) is 38.7 Å². The number of nitrogens with two attached hydrogens (primary N) is 1. The average molecular weight is 237 g/mol. The Hall–Kier alpha value is -1.43. The average Bonchev–Trinajstić information content (AvgIpc) is 2.81. The minimum Gasteiger partial charge on any atom is -0.338 e. The zero-order valence-corrected chi connectivity index (χ0v) is 10.4. The van der Waals surface area contributed by atoms with Gasteiger partial charge < -0.3 is 15.2 Å². The molecule has 0 saturated carbocycles. The van der Waals surface area contributed by atoms with Gasteiger partial charge in [0.05, 0.1) is 6.54 Å². The number of amides is 1. The SMILES string of the molecule is CC(N)CC(=O)N(C)Cc1nnc2n1CCC2. The van der Waals surface area contributed by atoms with Crippen LogP contribution in [-0.2, 0) is 24.3 Å². The number of nitrogens with zero attached hydrogens (tertiary/aromatic N) is 4. The van der Waals surface area contributed by atoms with Crippen LogP contribution >= 0.6 is 0 Å². The number of aromatic nitrogens is 3. The second-order valence-electron chi connectivity index (χ2n) is 4.72. The first-order valence-electron chi connectivity index (χ1n) is 5.98.